The standard InChI is InChI=1S/C12H22BrN3/c1-5-10(8(3)14)7-11-12(13)9(4)15-16(11)6-2/h8,10H,5-7,14H2,1-4H3. The smallest absolute Gasteiger partial charge is 0.0738 e. The molecule has 0 aliphatic carbocycles. The molecule has 0 saturated heterocycles. The van der Waals surface area contributed by atoms with Crippen LogP contribution in [0.4, 0.5) is 0 Å². The first-order chi connectivity index (χ1) is 7.51. The predicted octanol–water partition coefficient (Wildman–Crippen LogP) is 2.89. The van der Waals surface area contributed by atoms with Crippen LogP contribution < -0.4 is 5.73 Å². The summed E-state index contributed by atoms with van der Waals surface area (Å²) in [6.07, 6.45) is 2.11. The van der Waals surface area contributed by atoms with Crippen molar-refractivity contribution in [3.63, 3.8) is 0 Å². The van der Waals surface area contributed by atoms with Gasteiger partial charge in [-0.15, -0.1) is 0 Å². The molecule has 1 heterocycles. The molecule has 2 unspecified atom stereocenters. The zero-order valence-electron chi connectivity index (χ0n) is 10.6. The van der Waals surface area contributed by atoms with E-state index in [9.17, 15) is 0 Å². The molecule has 92 valence electrons. The van der Waals surface area contributed by atoms with E-state index in [-0.39, 0.29) is 6.04 Å². The Morgan fingerprint density at radius 3 is 2.50 bits per heavy atom. The summed E-state index contributed by atoms with van der Waals surface area (Å²) in [7, 11) is 0. The summed E-state index contributed by atoms with van der Waals surface area (Å²) in [5, 5.41) is 4.50. The van der Waals surface area contributed by atoms with Gasteiger partial charge < -0.3 is 5.73 Å². The van der Waals surface area contributed by atoms with Gasteiger partial charge in [-0.3, -0.25) is 4.68 Å². The van der Waals surface area contributed by atoms with Gasteiger partial charge in [0.25, 0.3) is 0 Å². The van der Waals surface area contributed by atoms with Gasteiger partial charge in [-0.2, -0.15) is 5.10 Å². The third kappa shape index (κ3) is 2.86. The van der Waals surface area contributed by atoms with Gasteiger partial charge in [0.15, 0.2) is 0 Å². The Balaban J connectivity index is 2.94. The van der Waals surface area contributed by atoms with E-state index in [4.69, 9.17) is 5.73 Å². The second kappa shape index (κ2) is 5.82. The number of nitrogens with two attached hydrogens (primary N) is 1. The van der Waals surface area contributed by atoms with Crippen molar-refractivity contribution in [1.82, 2.24) is 9.78 Å². The Morgan fingerprint density at radius 1 is 1.44 bits per heavy atom. The van der Waals surface area contributed by atoms with E-state index in [1.807, 2.05) is 6.92 Å². The molecule has 0 amide bonds. The number of nitrogens with zero attached hydrogens (tertiary/aromatic N) is 2. The number of rotatable bonds is 5. The molecule has 2 atom stereocenters. The maximum Gasteiger partial charge on any atom is 0.0738 e. The van der Waals surface area contributed by atoms with Gasteiger partial charge in [0.05, 0.1) is 15.9 Å². The summed E-state index contributed by atoms with van der Waals surface area (Å²) < 4.78 is 3.22. The zero-order valence-corrected chi connectivity index (χ0v) is 12.2. The third-order valence-electron chi connectivity index (χ3n) is 3.18. The molecule has 2 N–H and O–H groups in total. The third-order valence-corrected chi connectivity index (χ3v) is 4.21. The lowest BCUT2D eigenvalue weighted by molar-refractivity contribution is 0.412. The van der Waals surface area contributed by atoms with Crippen LogP contribution in [0.1, 0.15) is 38.6 Å². The second-order valence-electron chi connectivity index (χ2n) is 4.39. The van der Waals surface area contributed by atoms with Crippen LogP contribution in [0.25, 0.3) is 0 Å². The predicted molar refractivity (Wildman–Crippen MR) is 71.5 cm³/mol. The van der Waals surface area contributed by atoms with Crippen molar-refractivity contribution in [2.45, 2.75) is 53.1 Å². The Kier molecular flexibility index (Phi) is 4.99. The molecule has 4 heteroatoms. The van der Waals surface area contributed by atoms with E-state index in [0.717, 1.165) is 29.6 Å². The van der Waals surface area contributed by atoms with Crippen molar-refractivity contribution >= 4 is 15.9 Å². The number of hydrogen-bond donors (Lipinski definition) is 1. The summed E-state index contributed by atoms with van der Waals surface area (Å²) >= 11 is 3.62. The maximum absolute atomic E-state index is 6.00. The first-order valence-electron chi connectivity index (χ1n) is 5.98. The van der Waals surface area contributed by atoms with E-state index in [1.165, 1.54) is 5.69 Å². The van der Waals surface area contributed by atoms with Gasteiger partial charge in [0.2, 0.25) is 0 Å². The van der Waals surface area contributed by atoms with Crippen molar-refractivity contribution in [3.05, 3.63) is 15.9 Å². The number of aryl methyl sites for hydroxylation is 2. The van der Waals surface area contributed by atoms with Gasteiger partial charge in [0, 0.05) is 12.6 Å². The Bertz CT molecular complexity index is 344. The topological polar surface area (TPSA) is 43.8 Å². The van der Waals surface area contributed by atoms with Crippen LogP contribution in [-0.2, 0) is 13.0 Å². The lowest BCUT2D eigenvalue weighted by atomic mass is 9.93. The van der Waals surface area contributed by atoms with Crippen molar-refractivity contribution in [2.75, 3.05) is 0 Å². The van der Waals surface area contributed by atoms with Crippen molar-refractivity contribution in [1.29, 1.82) is 0 Å². The molecule has 0 saturated carbocycles. The monoisotopic (exact) mass is 287 g/mol. The van der Waals surface area contributed by atoms with Gasteiger partial charge in [-0.05, 0) is 49.0 Å². The molecule has 0 radical (unpaired) electrons. The van der Waals surface area contributed by atoms with Crippen LogP contribution in [0.2, 0.25) is 0 Å². The fourth-order valence-corrected chi connectivity index (χ4v) is 2.46. The lowest BCUT2D eigenvalue weighted by Crippen LogP contribution is -2.28. The van der Waals surface area contributed by atoms with Crippen LogP contribution in [0.15, 0.2) is 4.47 Å². The Labute approximate surface area is 107 Å². The fourth-order valence-electron chi connectivity index (χ4n) is 2.01. The number of hydrogen-bond acceptors (Lipinski definition) is 2. The first-order valence-corrected chi connectivity index (χ1v) is 6.77. The van der Waals surface area contributed by atoms with Crippen molar-refractivity contribution in [3.8, 4) is 0 Å². The van der Waals surface area contributed by atoms with Crippen LogP contribution in [0.5, 0.6) is 0 Å². The van der Waals surface area contributed by atoms with Gasteiger partial charge in [-0.1, -0.05) is 13.3 Å². The van der Waals surface area contributed by atoms with Crippen molar-refractivity contribution < 1.29 is 0 Å². The molecule has 0 aromatic carbocycles. The van der Waals surface area contributed by atoms with E-state index in [1.54, 1.807) is 0 Å². The molecule has 16 heavy (non-hydrogen) atoms. The highest BCUT2D eigenvalue weighted by molar-refractivity contribution is 9.10. The average Bonchev–Trinajstić information content (AvgIpc) is 2.51. The molecule has 1 aromatic heterocycles. The van der Waals surface area contributed by atoms with E-state index < -0.39 is 0 Å². The normalized spacial score (nSPS) is 15.1. The van der Waals surface area contributed by atoms with Gasteiger partial charge in [0.1, 0.15) is 0 Å². The summed E-state index contributed by atoms with van der Waals surface area (Å²) in [4.78, 5) is 0. The summed E-state index contributed by atoms with van der Waals surface area (Å²) in [6, 6.07) is 0.234. The molecule has 0 fully saturated rings. The van der Waals surface area contributed by atoms with Crippen LogP contribution >= 0.6 is 15.9 Å². The second-order valence-corrected chi connectivity index (χ2v) is 5.19. The molecular formula is C12H22BrN3. The number of aromatic nitrogens is 2. The molecule has 0 aliphatic heterocycles. The summed E-state index contributed by atoms with van der Waals surface area (Å²) in [6.45, 7) is 9.35. The minimum absolute atomic E-state index is 0.234. The van der Waals surface area contributed by atoms with Crippen LogP contribution in [0.3, 0.4) is 0 Å². The molecule has 0 spiro atoms. The Hall–Kier alpha value is -0.350. The molecule has 1 rings (SSSR count). The zero-order chi connectivity index (χ0) is 12.3. The minimum Gasteiger partial charge on any atom is -0.328 e. The lowest BCUT2D eigenvalue weighted by Gasteiger charge is -2.19. The summed E-state index contributed by atoms with van der Waals surface area (Å²) in [5.74, 6) is 0.526. The minimum atomic E-state index is 0.234. The Morgan fingerprint density at radius 2 is 2.06 bits per heavy atom. The first kappa shape index (κ1) is 13.7. The highest BCUT2D eigenvalue weighted by atomic mass is 79.9. The highest BCUT2D eigenvalue weighted by Crippen LogP contribution is 2.25. The van der Waals surface area contributed by atoms with Gasteiger partial charge in [-0.25, -0.2) is 0 Å². The summed E-state index contributed by atoms with van der Waals surface area (Å²) in [5.41, 5.74) is 8.35. The van der Waals surface area contributed by atoms with Gasteiger partial charge >= 0.3 is 0 Å². The molecule has 3 nitrogen and oxygen atoms in total. The largest absolute Gasteiger partial charge is 0.328 e. The highest BCUT2D eigenvalue weighted by Gasteiger charge is 2.18. The SMILES string of the molecule is CCC(Cc1c(Br)c(C)nn1CC)C(C)N. The fraction of sp³-hybridized carbons (Fsp3) is 0.750. The maximum atomic E-state index is 6.00. The van der Waals surface area contributed by atoms with E-state index >= 15 is 0 Å². The molecule has 0 aliphatic rings. The van der Waals surface area contributed by atoms with Crippen LogP contribution in [0, 0.1) is 12.8 Å². The van der Waals surface area contributed by atoms with E-state index in [2.05, 4.69) is 46.5 Å². The molecule has 0 bridgehead atoms. The van der Waals surface area contributed by atoms with Crippen molar-refractivity contribution in [2.24, 2.45) is 11.7 Å². The van der Waals surface area contributed by atoms with Crippen LogP contribution in [-0.4, -0.2) is 15.8 Å². The van der Waals surface area contributed by atoms with E-state index in [0.29, 0.717) is 5.92 Å². The molecular weight excluding hydrogens is 266 g/mol. The average molecular weight is 288 g/mol. The number of halogens is 1. The molecule has 1 aromatic rings. The quantitative estimate of drug-likeness (QED) is 0.905.